The molecular weight excluding hydrogens is 308 g/mol. The van der Waals surface area contributed by atoms with E-state index in [1.54, 1.807) is 0 Å². The highest BCUT2D eigenvalue weighted by atomic mass is 32.2. The van der Waals surface area contributed by atoms with Gasteiger partial charge in [0.2, 0.25) is 5.91 Å². The molecular formula is C18H30N2O2S. The van der Waals surface area contributed by atoms with Crippen molar-refractivity contribution in [1.82, 2.24) is 10.0 Å². The van der Waals surface area contributed by atoms with Crippen molar-refractivity contribution in [3.63, 3.8) is 0 Å². The van der Waals surface area contributed by atoms with Crippen LogP contribution in [0.4, 0.5) is 0 Å². The molecule has 5 heteroatoms. The minimum atomic E-state index is -0.198. The molecule has 0 aromatic rings. The molecule has 2 aliphatic carbocycles. The number of fused-ring (bicyclic) bond motifs is 2. The quantitative estimate of drug-likeness (QED) is 0.760. The number of amides is 1. The third kappa shape index (κ3) is 3.29. The number of carbonyl (C=O) groups excluding carboxylic acids is 1. The number of ether oxygens (including phenoxy) is 1. The van der Waals surface area contributed by atoms with E-state index >= 15 is 0 Å². The van der Waals surface area contributed by atoms with E-state index in [0.717, 1.165) is 55.2 Å². The topological polar surface area (TPSA) is 50.4 Å². The standard InChI is InChI=1S/C18H30N2O2S/c1-10-5-12-8-16(22-15(12)6-11(10)2)18(21)20-14-3-4-17-13(7-14)9-19-23-17/h10-17,19H,3-9H2,1-2H3,(H,20,21)/t10?,11?,12?,13?,14?,15?,16-,17?/m1/s1. The summed E-state index contributed by atoms with van der Waals surface area (Å²) in [6.45, 7) is 5.77. The third-order valence-electron chi connectivity index (χ3n) is 6.76. The molecule has 0 aromatic carbocycles. The summed E-state index contributed by atoms with van der Waals surface area (Å²) >= 11 is 1.90. The van der Waals surface area contributed by atoms with Gasteiger partial charge in [0.05, 0.1) is 6.10 Å². The van der Waals surface area contributed by atoms with E-state index in [1.165, 1.54) is 12.8 Å². The van der Waals surface area contributed by atoms with E-state index in [2.05, 4.69) is 23.9 Å². The zero-order valence-corrected chi connectivity index (χ0v) is 15.1. The van der Waals surface area contributed by atoms with Gasteiger partial charge in [-0.3, -0.25) is 9.52 Å². The Morgan fingerprint density at radius 2 is 1.91 bits per heavy atom. The minimum Gasteiger partial charge on any atom is -0.365 e. The minimum absolute atomic E-state index is 0.154. The normalized spacial score (nSPS) is 49.5. The van der Waals surface area contributed by atoms with E-state index < -0.39 is 0 Å². The molecule has 130 valence electrons. The molecule has 4 fully saturated rings. The van der Waals surface area contributed by atoms with Crippen molar-refractivity contribution < 1.29 is 9.53 Å². The Bertz CT molecular complexity index is 442. The summed E-state index contributed by atoms with van der Waals surface area (Å²) in [5.74, 6) is 2.97. The van der Waals surface area contributed by atoms with Crippen LogP contribution < -0.4 is 10.0 Å². The van der Waals surface area contributed by atoms with Crippen LogP contribution >= 0.6 is 11.9 Å². The Labute approximate surface area is 144 Å². The molecule has 2 saturated heterocycles. The monoisotopic (exact) mass is 338 g/mol. The Morgan fingerprint density at radius 1 is 1.09 bits per heavy atom. The fraction of sp³-hybridized carbons (Fsp3) is 0.944. The molecule has 2 heterocycles. The number of carbonyl (C=O) groups is 1. The predicted octanol–water partition coefficient (Wildman–Crippen LogP) is 2.73. The maximum atomic E-state index is 12.7. The lowest BCUT2D eigenvalue weighted by atomic mass is 9.74. The van der Waals surface area contributed by atoms with Crippen LogP contribution in [0.25, 0.3) is 0 Å². The van der Waals surface area contributed by atoms with E-state index in [0.29, 0.717) is 18.1 Å². The summed E-state index contributed by atoms with van der Waals surface area (Å²) in [6, 6.07) is 0.355. The van der Waals surface area contributed by atoms with Crippen LogP contribution in [-0.4, -0.2) is 36.0 Å². The van der Waals surface area contributed by atoms with Gasteiger partial charge in [-0.2, -0.15) is 0 Å². The Morgan fingerprint density at radius 3 is 2.78 bits per heavy atom. The van der Waals surface area contributed by atoms with Gasteiger partial charge in [-0.05, 0) is 62.2 Å². The van der Waals surface area contributed by atoms with Crippen LogP contribution in [0, 0.1) is 23.7 Å². The first-order valence-electron chi connectivity index (χ1n) is 9.44. The van der Waals surface area contributed by atoms with Gasteiger partial charge in [-0.25, -0.2) is 0 Å². The fourth-order valence-electron chi connectivity index (χ4n) is 5.07. The van der Waals surface area contributed by atoms with E-state index in [1.807, 2.05) is 11.9 Å². The van der Waals surface area contributed by atoms with Gasteiger partial charge in [0.1, 0.15) is 6.10 Å². The number of hydrogen-bond donors (Lipinski definition) is 2. The second-order valence-electron chi connectivity index (χ2n) is 8.37. The van der Waals surface area contributed by atoms with Gasteiger partial charge < -0.3 is 10.1 Å². The fourth-order valence-corrected chi connectivity index (χ4v) is 6.25. The number of rotatable bonds is 2. The van der Waals surface area contributed by atoms with Crippen LogP contribution in [0.5, 0.6) is 0 Å². The van der Waals surface area contributed by atoms with Gasteiger partial charge >= 0.3 is 0 Å². The van der Waals surface area contributed by atoms with Crippen LogP contribution in [0.1, 0.15) is 52.4 Å². The summed E-state index contributed by atoms with van der Waals surface area (Å²) in [5.41, 5.74) is 0. The SMILES string of the molecule is CC1CC2C[C@H](C(=O)NC3CCC4SNCC4C3)OC2CC1C. The zero-order chi connectivity index (χ0) is 16.0. The molecule has 0 spiro atoms. The van der Waals surface area contributed by atoms with E-state index in [-0.39, 0.29) is 12.0 Å². The summed E-state index contributed by atoms with van der Waals surface area (Å²) in [7, 11) is 0. The lowest BCUT2D eigenvalue weighted by molar-refractivity contribution is -0.133. The smallest absolute Gasteiger partial charge is 0.249 e. The third-order valence-corrected chi connectivity index (χ3v) is 8.02. The second-order valence-corrected chi connectivity index (χ2v) is 9.50. The molecule has 2 N–H and O–H groups in total. The van der Waals surface area contributed by atoms with Crippen LogP contribution in [0.15, 0.2) is 0 Å². The second kappa shape index (κ2) is 6.57. The molecule has 4 nitrogen and oxygen atoms in total. The van der Waals surface area contributed by atoms with Gasteiger partial charge in [0.25, 0.3) is 0 Å². The first-order valence-corrected chi connectivity index (χ1v) is 10.3. The summed E-state index contributed by atoms with van der Waals surface area (Å²) in [5, 5.41) is 4.07. The van der Waals surface area contributed by atoms with Crippen LogP contribution in [-0.2, 0) is 9.53 Å². The van der Waals surface area contributed by atoms with Gasteiger partial charge in [0.15, 0.2) is 0 Å². The van der Waals surface area contributed by atoms with Gasteiger partial charge in [-0.15, -0.1) is 0 Å². The van der Waals surface area contributed by atoms with Crippen LogP contribution in [0.3, 0.4) is 0 Å². The molecule has 8 atom stereocenters. The molecule has 0 radical (unpaired) electrons. The molecule has 4 rings (SSSR count). The van der Waals surface area contributed by atoms with Crippen molar-refractivity contribution in [2.24, 2.45) is 23.7 Å². The van der Waals surface area contributed by atoms with Crippen LogP contribution in [0.2, 0.25) is 0 Å². The van der Waals surface area contributed by atoms with E-state index in [9.17, 15) is 4.79 Å². The average Bonchev–Trinajstić information content (AvgIpc) is 3.13. The average molecular weight is 339 g/mol. The summed E-state index contributed by atoms with van der Waals surface area (Å²) in [4.78, 5) is 12.7. The van der Waals surface area contributed by atoms with Gasteiger partial charge in [0, 0.05) is 17.8 Å². The molecule has 0 bridgehead atoms. The molecule has 2 saturated carbocycles. The molecule has 2 aliphatic heterocycles. The van der Waals surface area contributed by atoms with E-state index in [4.69, 9.17) is 4.74 Å². The number of hydrogen-bond acceptors (Lipinski definition) is 4. The van der Waals surface area contributed by atoms with Gasteiger partial charge in [-0.1, -0.05) is 25.8 Å². The Hall–Kier alpha value is -0.260. The molecule has 23 heavy (non-hydrogen) atoms. The highest BCUT2D eigenvalue weighted by Gasteiger charge is 2.44. The van der Waals surface area contributed by atoms with Crippen molar-refractivity contribution in [2.75, 3.05) is 6.54 Å². The molecule has 1 amide bonds. The van der Waals surface area contributed by atoms with Crippen molar-refractivity contribution in [3.8, 4) is 0 Å². The zero-order valence-electron chi connectivity index (χ0n) is 14.3. The Balaban J connectivity index is 1.30. The molecule has 0 aromatic heterocycles. The largest absolute Gasteiger partial charge is 0.365 e. The maximum Gasteiger partial charge on any atom is 0.249 e. The molecule has 4 aliphatic rings. The highest BCUT2D eigenvalue weighted by molar-refractivity contribution is 7.98. The summed E-state index contributed by atoms with van der Waals surface area (Å²) < 4.78 is 9.56. The van der Waals surface area contributed by atoms with Crippen molar-refractivity contribution in [2.45, 2.75) is 75.9 Å². The molecule has 7 unspecified atom stereocenters. The highest BCUT2D eigenvalue weighted by Crippen LogP contribution is 2.42. The Kier molecular flexibility index (Phi) is 4.63. The van der Waals surface area contributed by atoms with Crippen molar-refractivity contribution in [1.29, 1.82) is 0 Å². The first-order chi connectivity index (χ1) is 11.1. The number of nitrogens with one attached hydrogen (secondary N) is 2. The maximum absolute atomic E-state index is 12.7. The predicted molar refractivity (Wildman–Crippen MR) is 93.0 cm³/mol. The lowest BCUT2D eigenvalue weighted by Crippen LogP contribution is -2.45. The lowest BCUT2D eigenvalue weighted by Gasteiger charge is -2.33. The van der Waals surface area contributed by atoms with Crippen molar-refractivity contribution >= 4 is 17.9 Å². The summed E-state index contributed by atoms with van der Waals surface area (Å²) in [6.07, 6.45) is 6.89. The first kappa shape index (κ1) is 16.2. The van der Waals surface area contributed by atoms with Crippen molar-refractivity contribution in [3.05, 3.63) is 0 Å².